The van der Waals surface area contributed by atoms with E-state index < -0.39 is 0 Å². The van der Waals surface area contributed by atoms with Crippen molar-refractivity contribution in [2.24, 2.45) is 0 Å². The van der Waals surface area contributed by atoms with Gasteiger partial charge in [-0.2, -0.15) is 0 Å². The van der Waals surface area contributed by atoms with Crippen molar-refractivity contribution in [3.05, 3.63) is 4.88 Å². The second-order valence-electron chi connectivity index (χ2n) is 4.26. The Labute approximate surface area is 128 Å². The zero-order chi connectivity index (χ0) is 15.8. The Balaban J connectivity index is 2.86. The summed E-state index contributed by atoms with van der Waals surface area (Å²) in [6, 6.07) is 0. The second-order valence-corrected chi connectivity index (χ2v) is 5.28. The highest BCUT2D eigenvalue weighted by Gasteiger charge is 2.22. The summed E-state index contributed by atoms with van der Waals surface area (Å²) in [6.45, 7) is 3.39. The number of carbonyl (C=O) groups is 1. The Bertz CT molecular complexity index is 465. The molecule has 1 heterocycles. The number of methoxy groups -OCH3 is 3. The molecule has 1 aromatic heterocycles. The highest BCUT2D eigenvalue weighted by atomic mass is 32.1. The van der Waals surface area contributed by atoms with Crippen molar-refractivity contribution in [2.75, 3.05) is 52.1 Å². The lowest BCUT2D eigenvalue weighted by Crippen LogP contribution is -2.26. The molecule has 0 spiro atoms. The van der Waals surface area contributed by atoms with Crippen molar-refractivity contribution in [1.29, 1.82) is 0 Å². The molecule has 4 N–H and O–H groups in total. The third-order valence-corrected chi connectivity index (χ3v) is 3.97. The number of ether oxygens (including phenoxy) is 3. The number of anilines is 2. The van der Waals surface area contributed by atoms with Crippen LogP contribution in [0.2, 0.25) is 0 Å². The molecular weight excluding hydrogens is 294 g/mol. The first-order chi connectivity index (χ1) is 10.1. The molecule has 120 valence electrons. The Kier molecular flexibility index (Phi) is 7.27. The molecule has 1 atom stereocenters. The maximum atomic E-state index is 11.9. The van der Waals surface area contributed by atoms with Gasteiger partial charge < -0.3 is 30.6 Å². The van der Waals surface area contributed by atoms with E-state index in [1.807, 2.05) is 6.92 Å². The smallest absolute Gasteiger partial charge is 0.263 e. The predicted octanol–water partition coefficient (Wildman–Crippen LogP) is 1.16. The van der Waals surface area contributed by atoms with E-state index in [2.05, 4.69) is 10.6 Å². The molecule has 0 bridgehead atoms. The fraction of sp³-hybridized carbons (Fsp3) is 0.615. The van der Waals surface area contributed by atoms with Gasteiger partial charge in [-0.3, -0.25) is 4.79 Å². The van der Waals surface area contributed by atoms with E-state index >= 15 is 0 Å². The lowest BCUT2D eigenvalue weighted by molar-refractivity contribution is 0.0366. The van der Waals surface area contributed by atoms with E-state index in [1.165, 1.54) is 18.4 Å². The summed E-state index contributed by atoms with van der Waals surface area (Å²) in [5.74, 6) is 0.278. The first-order valence-electron chi connectivity index (χ1n) is 6.59. The topological polar surface area (TPSA) is 94.8 Å². The monoisotopic (exact) mass is 317 g/mol. The molecule has 7 nitrogen and oxygen atoms in total. The van der Waals surface area contributed by atoms with Crippen molar-refractivity contribution < 1.29 is 19.0 Å². The van der Waals surface area contributed by atoms with Gasteiger partial charge in [-0.1, -0.05) is 0 Å². The van der Waals surface area contributed by atoms with E-state index in [1.54, 1.807) is 14.2 Å². The van der Waals surface area contributed by atoms with Gasteiger partial charge in [0.1, 0.15) is 15.6 Å². The molecule has 1 rings (SSSR count). The van der Waals surface area contributed by atoms with Gasteiger partial charge in [-0.05, 0) is 6.92 Å². The zero-order valence-electron chi connectivity index (χ0n) is 12.8. The van der Waals surface area contributed by atoms with Gasteiger partial charge in [0.25, 0.3) is 5.91 Å². The Morgan fingerprint density at radius 1 is 1.38 bits per heavy atom. The number of thiophene rings is 1. The molecule has 0 aliphatic heterocycles. The summed E-state index contributed by atoms with van der Waals surface area (Å²) in [6.07, 6.45) is -0.101. The van der Waals surface area contributed by atoms with Crippen LogP contribution in [0.3, 0.4) is 0 Å². The van der Waals surface area contributed by atoms with E-state index in [0.717, 1.165) is 0 Å². The van der Waals surface area contributed by atoms with Gasteiger partial charge in [-0.15, -0.1) is 11.3 Å². The normalized spacial score (nSPS) is 12.0. The summed E-state index contributed by atoms with van der Waals surface area (Å²) in [4.78, 5) is 12.4. The first-order valence-corrected chi connectivity index (χ1v) is 7.40. The standard InChI is InChI=1S/C13H23N3O4S/c1-5-15-12(17)11-9(14)10(20-4)13(21-11)16-6-8(19-3)7-18-2/h8,16H,5-7,14H2,1-4H3,(H,15,17). The van der Waals surface area contributed by atoms with Crippen molar-refractivity contribution >= 4 is 27.9 Å². The quantitative estimate of drug-likeness (QED) is 0.633. The Morgan fingerprint density at radius 3 is 2.62 bits per heavy atom. The van der Waals surface area contributed by atoms with Gasteiger partial charge in [0.05, 0.1) is 19.8 Å². The number of hydrogen-bond donors (Lipinski definition) is 3. The van der Waals surface area contributed by atoms with Crippen LogP contribution in [0.25, 0.3) is 0 Å². The van der Waals surface area contributed by atoms with Crippen LogP contribution >= 0.6 is 11.3 Å². The molecule has 21 heavy (non-hydrogen) atoms. The molecule has 1 amide bonds. The second kappa shape index (κ2) is 8.71. The van der Waals surface area contributed by atoms with Crippen LogP contribution in [0.4, 0.5) is 10.7 Å². The Hall–Kier alpha value is -1.51. The lowest BCUT2D eigenvalue weighted by Gasteiger charge is -2.15. The molecule has 0 saturated heterocycles. The summed E-state index contributed by atoms with van der Waals surface area (Å²) in [5.41, 5.74) is 6.32. The highest BCUT2D eigenvalue weighted by Crippen LogP contribution is 2.42. The number of carbonyl (C=O) groups excluding carboxylic acids is 1. The van der Waals surface area contributed by atoms with Crippen molar-refractivity contribution in [3.63, 3.8) is 0 Å². The SMILES string of the molecule is CCNC(=O)c1sc(NCC(COC)OC)c(OC)c1N. The summed E-state index contributed by atoms with van der Waals surface area (Å²) in [7, 11) is 4.75. The van der Waals surface area contributed by atoms with Crippen LogP contribution in [-0.4, -0.2) is 53.0 Å². The van der Waals surface area contributed by atoms with E-state index in [9.17, 15) is 4.79 Å². The minimum Gasteiger partial charge on any atom is -0.492 e. The average molecular weight is 317 g/mol. The van der Waals surface area contributed by atoms with Crippen molar-refractivity contribution in [2.45, 2.75) is 13.0 Å². The zero-order valence-corrected chi connectivity index (χ0v) is 13.6. The number of amides is 1. The van der Waals surface area contributed by atoms with Crippen LogP contribution in [0.1, 0.15) is 16.6 Å². The molecule has 0 fully saturated rings. The van der Waals surface area contributed by atoms with Crippen LogP contribution in [0.5, 0.6) is 5.75 Å². The van der Waals surface area contributed by atoms with Gasteiger partial charge >= 0.3 is 0 Å². The summed E-state index contributed by atoms with van der Waals surface area (Å²) < 4.78 is 15.6. The Morgan fingerprint density at radius 2 is 2.10 bits per heavy atom. The molecule has 0 radical (unpaired) electrons. The minimum absolute atomic E-state index is 0.101. The van der Waals surface area contributed by atoms with Crippen molar-refractivity contribution in [1.82, 2.24) is 5.32 Å². The van der Waals surface area contributed by atoms with Gasteiger partial charge in [0.15, 0.2) is 5.75 Å². The summed E-state index contributed by atoms with van der Waals surface area (Å²) in [5, 5.41) is 6.62. The van der Waals surface area contributed by atoms with E-state index in [0.29, 0.717) is 41.0 Å². The van der Waals surface area contributed by atoms with Gasteiger partial charge in [0.2, 0.25) is 0 Å². The third kappa shape index (κ3) is 4.48. The maximum absolute atomic E-state index is 11.9. The molecule has 0 aromatic carbocycles. The molecular formula is C13H23N3O4S. The van der Waals surface area contributed by atoms with Crippen LogP contribution in [0, 0.1) is 0 Å². The van der Waals surface area contributed by atoms with Gasteiger partial charge in [-0.25, -0.2) is 0 Å². The third-order valence-electron chi connectivity index (χ3n) is 2.82. The number of hydrogen-bond acceptors (Lipinski definition) is 7. The minimum atomic E-state index is -0.202. The molecule has 8 heteroatoms. The van der Waals surface area contributed by atoms with E-state index in [4.69, 9.17) is 19.9 Å². The first kappa shape index (κ1) is 17.5. The fourth-order valence-corrected chi connectivity index (χ4v) is 2.77. The van der Waals surface area contributed by atoms with Crippen molar-refractivity contribution in [3.8, 4) is 5.75 Å². The van der Waals surface area contributed by atoms with Gasteiger partial charge in [0, 0.05) is 27.3 Å². The number of nitrogens with two attached hydrogens (primary N) is 1. The van der Waals surface area contributed by atoms with Crippen LogP contribution in [0.15, 0.2) is 0 Å². The largest absolute Gasteiger partial charge is 0.492 e. The molecule has 0 saturated carbocycles. The predicted molar refractivity (Wildman–Crippen MR) is 84.5 cm³/mol. The number of nitrogen functional groups attached to an aromatic ring is 1. The highest BCUT2D eigenvalue weighted by molar-refractivity contribution is 7.19. The average Bonchev–Trinajstić information content (AvgIpc) is 2.79. The molecule has 0 aliphatic carbocycles. The molecule has 0 aliphatic rings. The maximum Gasteiger partial charge on any atom is 0.263 e. The van der Waals surface area contributed by atoms with Crippen LogP contribution in [-0.2, 0) is 9.47 Å². The summed E-state index contributed by atoms with van der Waals surface area (Å²) >= 11 is 1.26. The lowest BCUT2D eigenvalue weighted by atomic mass is 10.3. The number of rotatable bonds is 9. The molecule has 1 unspecified atom stereocenters. The van der Waals surface area contributed by atoms with E-state index in [-0.39, 0.29) is 12.0 Å². The fourth-order valence-electron chi connectivity index (χ4n) is 1.76. The van der Waals surface area contributed by atoms with Crippen LogP contribution < -0.4 is 21.1 Å². The number of nitrogens with one attached hydrogen (secondary N) is 2. The molecule has 1 aromatic rings.